The molecular weight excluding hydrogens is 228 g/mol. The lowest BCUT2D eigenvalue weighted by atomic mass is 9.82. The maximum atomic E-state index is 10.1. The van der Waals surface area contributed by atoms with Gasteiger partial charge in [0.15, 0.2) is 0 Å². The Labute approximate surface area is 108 Å². The molecule has 2 rings (SSSR count). The Morgan fingerprint density at radius 1 is 1.28 bits per heavy atom. The largest absolute Gasteiger partial charge is 0.508 e. The molecule has 1 aliphatic heterocycles. The molecule has 3 nitrogen and oxygen atoms in total. The molecule has 0 radical (unpaired) electrons. The molecule has 1 atom stereocenters. The average molecular weight is 250 g/mol. The number of aliphatic hydroxyl groups is 1. The van der Waals surface area contributed by atoms with E-state index in [9.17, 15) is 10.2 Å². The summed E-state index contributed by atoms with van der Waals surface area (Å²) in [5, 5.41) is 19.9. The average Bonchev–Trinajstić information content (AvgIpc) is 2.27. The zero-order valence-corrected chi connectivity index (χ0v) is 11.4. The summed E-state index contributed by atoms with van der Waals surface area (Å²) in [7, 11) is 0. The quantitative estimate of drug-likeness (QED) is 0.848. The van der Waals surface area contributed by atoms with Gasteiger partial charge in [0.05, 0.1) is 12.2 Å². The van der Waals surface area contributed by atoms with Crippen molar-refractivity contribution in [2.45, 2.75) is 51.2 Å². The first-order valence-electron chi connectivity index (χ1n) is 6.50. The summed E-state index contributed by atoms with van der Waals surface area (Å²) in [5.74, 6) is 0.210. The number of benzene rings is 1. The topological polar surface area (TPSA) is 49.7 Å². The Morgan fingerprint density at radius 3 is 2.56 bits per heavy atom. The maximum Gasteiger partial charge on any atom is 0.122 e. The zero-order valence-electron chi connectivity index (χ0n) is 11.4. The van der Waals surface area contributed by atoms with Crippen molar-refractivity contribution in [2.75, 3.05) is 6.61 Å². The van der Waals surface area contributed by atoms with Crippen LogP contribution in [0.5, 0.6) is 5.75 Å². The van der Waals surface area contributed by atoms with Gasteiger partial charge in [0.1, 0.15) is 11.4 Å². The molecule has 0 aliphatic carbocycles. The van der Waals surface area contributed by atoms with Gasteiger partial charge < -0.3 is 14.9 Å². The third-order valence-electron chi connectivity index (χ3n) is 3.73. The Balaban J connectivity index is 2.43. The summed E-state index contributed by atoms with van der Waals surface area (Å²) >= 11 is 0. The van der Waals surface area contributed by atoms with E-state index in [2.05, 4.69) is 0 Å². The highest BCUT2D eigenvalue weighted by Crippen LogP contribution is 2.44. The predicted octanol–water partition coefficient (Wildman–Crippen LogP) is 2.87. The summed E-state index contributed by atoms with van der Waals surface area (Å²) in [6.07, 6.45) is 2.70. The SMILES string of the molecule is Cc1ccc(C2(CO)CCCC(C)(C)O2)c(O)c1. The van der Waals surface area contributed by atoms with Crippen molar-refractivity contribution in [3.05, 3.63) is 29.3 Å². The molecule has 0 amide bonds. The lowest BCUT2D eigenvalue weighted by molar-refractivity contribution is -0.197. The molecular formula is C15H22O3. The van der Waals surface area contributed by atoms with Gasteiger partial charge in [0.2, 0.25) is 0 Å². The van der Waals surface area contributed by atoms with Crippen LogP contribution in [-0.4, -0.2) is 22.4 Å². The molecule has 0 aromatic heterocycles. The number of phenolic OH excluding ortho intramolecular Hbond substituents is 1. The van der Waals surface area contributed by atoms with E-state index in [1.165, 1.54) is 0 Å². The first kappa shape index (κ1) is 13.4. The monoisotopic (exact) mass is 250 g/mol. The van der Waals surface area contributed by atoms with Crippen molar-refractivity contribution < 1.29 is 14.9 Å². The van der Waals surface area contributed by atoms with Crippen molar-refractivity contribution >= 4 is 0 Å². The van der Waals surface area contributed by atoms with E-state index in [1.807, 2.05) is 32.9 Å². The molecule has 1 aromatic carbocycles. The Bertz CT molecular complexity index is 439. The van der Waals surface area contributed by atoms with E-state index < -0.39 is 5.60 Å². The normalized spacial score (nSPS) is 27.1. The van der Waals surface area contributed by atoms with Gasteiger partial charge in [0.25, 0.3) is 0 Å². The molecule has 0 spiro atoms. The number of rotatable bonds is 2. The van der Waals surface area contributed by atoms with Crippen LogP contribution in [0.15, 0.2) is 18.2 Å². The van der Waals surface area contributed by atoms with Gasteiger partial charge >= 0.3 is 0 Å². The van der Waals surface area contributed by atoms with E-state index in [0.29, 0.717) is 5.56 Å². The Morgan fingerprint density at radius 2 is 2.00 bits per heavy atom. The van der Waals surface area contributed by atoms with Crippen LogP contribution >= 0.6 is 0 Å². The zero-order chi connectivity index (χ0) is 13.4. The minimum atomic E-state index is -0.764. The Kier molecular flexibility index (Phi) is 3.39. The lowest BCUT2D eigenvalue weighted by Gasteiger charge is -2.45. The molecule has 1 aromatic rings. The second-order valence-corrected chi connectivity index (χ2v) is 5.89. The molecule has 2 N–H and O–H groups in total. The van der Waals surface area contributed by atoms with Gasteiger partial charge in [-0.05, 0) is 51.7 Å². The number of ether oxygens (including phenoxy) is 1. The molecule has 0 saturated carbocycles. The minimum absolute atomic E-state index is 0.104. The minimum Gasteiger partial charge on any atom is -0.508 e. The van der Waals surface area contributed by atoms with Crippen molar-refractivity contribution in [1.82, 2.24) is 0 Å². The Hall–Kier alpha value is -1.06. The summed E-state index contributed by atoms with van der Waals surface area (Å²) < 4.78 is 6.11. The highest BCUT2D eigenvalue weighted by molar-refractivity contribution is 5.40. The maximum absolute atomic E-state index is 10.1. The number of aryl methyl sites for hydroxylation is 1. The van der Waals surface area contributed by atoms with Crippen LogP contribution in [0, 0.1) is 6.92 Å². The first-order valence-corrected chi connectivity index (χ1v) is 6.50. The van der Waals surface area contributed by atoms with E-state index in [-0.39, 0.29) is 18.0 Å². The van der Waals surface area contributed by atoms with Crippen LogP contribution in [-0.2, 0) is 10.3 Å². The van der Waals surface area contributed by atoms with Crippen LogP contribution in [0.2, 0.25) is 0 Å². The predicted molar refractivity (Wildman–Crippen MR) is 70.6 cm³/mol. The molecule has 100 valence electrons. The number of aromatic hydroxyl groups is 1. The van der Waals surface area contributed by atoms with Gasteiger partial charge in [-0.25, -0.2) is 0 Å². The smallest absolute Gasteiger partial charge is 0.122 e. The van der Waals surface area contributed by atoms with Crippen LogP contribution in [0.1, 0.15) is 44.2 Å². The third kappa shape index (κ3) is 2.38. The number of aliphatic hydroxyl groups excluding tert-OH is 1. The molecule has 3 heteroatoms. The first-order chi connectivity index (χ1) is 8.38. The van der Waals surface area contributed by atoms with Crippen molar-refractivity contribution in [1.29, 1.82) is 0 Å². The number of phenols is 1. The fourth-order valence-corrected chi connectivity index (χ4v) is 2.84. The summed E-state index contributed by atoms with van der Waals surface area (Å²) in [5.41, 5.74) is 0.667. The van der Waals surface area contributed by atoms with E-state index in [1.54, 1.807) is 6.07 Å². The molecule has 1 aliphatic rings. The van der Waals surface area contributed by atoms with E-state index >= 15 is 0 Å². The van der Waals surface area contributed by atoms with Gasteiger partial charge in [-0.1, -0.05) is 12.1 Å². The van der Waals surface area contributed by atoms with Gasteiger partial charge in [-0.2, -0.15) is 0 Å². The second kappa shape index (κ2) is 4.56. The molecule has 1 unspecified atom stereocenters. The van der Waals surface area contributed by atoms with Gasteiger partial charge in [0, 0.05) is 5.56 Å². The second-order valence-electron chi connectivity index (χ2n) is 5.89. The molecule has 1 saturated heterocycles. The molecule has 18 heavy (non-hydrogen) atoms. The van der Waals surface area contributed by atoms with Crippen LogP contribution in [0.4, 0.5) is 0 Å². The summed E-state index contributed by atoms with van der Waals surface area (Å²) in [4.78, 5) is 0. The van der Waals surface area contributed by atoms with Crippen molar-refractivity contribution in [2.24, 2.45) is 0 Å². The van der Waals surface area contributed by atoms with Crippen LogP contribution in [0.25, 0.3) is 0 Å². The highest BCUT2D eigenvalue weighted by atomic mass is 16.5. The van der Waals surface area contributed by atoms with E-state index in [0.717, 1.165) is 24.8 Å². The van der Waals surface area contributed by atoms with Crippen molar-refractivity contribution in [3.8, 4) is 5.75 Å². The van der Waals surface area contributed by atoms with Crippen LogP contribution < -0.4 is 0 Å². The van der Waals surface area contributed by atoms with Crippen molar-refractivity contribution in [3.63, 3.8) is 0 Å². The van der Waals surface area contributed by atoms with Crippen LogP contribution in [0.3, 0.4) is 0 Å². The van der Waals surface area contributed by atoms with Gasteiger partial charge in [-0.15, -0.1) is 0 Å². The molecule has 0 bridgehead atoms. The fourth-order valence-electron chi connectivity index (χ4n) is 2.84. The number of hydrogen-bond donors (Lipinski definition) is 2. The standard InChI is InChI=1S/C15H22O3/c1-11-5-6-12(13(17)9-11)15(10-16)8-4-7-14(2,3)18-15/h5-6,9,16-17H,4,7-8,10H2,1-3H3. The summed E-state index contributed by atoms with van der Waals surface area (Å²) in [6, 6.07) is 5.53. The highest BCUT2D eigenvalue weighted by Gasteiger charge is 2.43. The number of hydrogen-bond acceptors (Lipinski definition) is 3. The van der Waals surface area contributed by atoms with Gasteiger partial charge in [-0.3, -0.25) is 0 Å². The third-order valence-corrected chi connectivity index (χ3v) is 3.73. The molecule has 1 fully saturated rings. The van der Waals surface area contributed by atoms with E-state index in [4.69, 9.17) is 4.74 Å². The molecule has 1 heterocycles. The summed E-state index contributed by atoms with van der Waals surface area (Å²) in [6.45, 7) is 5.89. The lowest BCUT2D eigenvalue weighted by Crippen LogP contribution is -2.45. The fraction of sp³-hybridized carbons (Fsp3) is 0.600.